The molecule has 6 heteroatoms. The van der Waals surface area contributed by atoms with Gasteiger partial charge in [-0.05, 0) is 6.20 Å². The molecule has 0 spiro atoms. The highest BCUT2D eigenvalue weighted by molar-refractivity contribution is 7.13. The highest BCUT2D eigenvalue weighted by atomic mass is 32.1. The SMILES string of the molecule is C=CN1CC(NC(=O)c2csc(N)n2)C1. The maximum Gasteiger partial charge on any atom is 0.271 e. The first-order chi connectivity index (χ1) is 7.19. The van der Waals surface area contributed by atoms with E-state index in [0.29, 0.717) is 10.8 Å². The van der Waals surface area contributed by atoms with Crippen molar-refractivity contribution >= 4 is 22.4 Å². The van der Waals surface area contributed by atoms with E-state index in [2.05, 4.69) is 16.9 Å². The van der Waals surface area contributed by atoms with Gasteiger partial charge in [-0.3, -0.25) is 4.79 Å². The highest BCUT2D eigenvalue weighted by Crippen LogP contribution is 2.12. The maximum absolute atomic E-state index is 11.6. The first kappa shape index (κ1) is 9.97. The predicted octanol–water partition coefficient (Wildman–Crippen LogP) is 0.283. The van der Waals surface area contributed by atoms with Gasteiger partial charge in [0.05, 0.1) is 6.04 Å². The lowest BCUT2D eigenvalue weighted by molar-refractivity contribution is 0.0873. The van der Waals surface area contributed by atoms with Crippen molar-refractivity contribution in [2.75, 3.05) is 18.8 Å². The first-order valence-electron chi connectivity index (χ1n) is 4.57. The van der Waals surface area contributed by atoms with Crippen LogP contribution in [0.5, 0.6) is 0 Å². The summed E-state index contributed by atoms with van der Waals surface area (Å²) in [6, 6.07) is 0.193. The standard InChI is InChI=1S/C9H12N4OS/c1-2-13-3-6(4-13)11-8(14)7-5-15-9(10)12-7/h2,5-6H,1,3-4H2,(H2,10,12)(H,11,14). The summed E-state index contributed by atoms with van der Waals surface area (Å²) in [6.45, 7) is 5.27. The van der Waals surface area contributed by atoms with Crippen LogP contribution in [0.2, 0.25) is 0 Å². The van der Waals surface area contributed by atoms with E-state index in [4.69, 9.17) is 5.73 Å². The number of nitrogens with two attached hydrogens (primary N) is 1. The number of rotatable bonds is 3. The van der Waals surface area contributed by atoms with Crippen LogP contribution < -0.4 is 11.1 Å². The summed E-state index contributed by atoms with van der Waals surface area (Å²) in [6.07, 6.45) is 1.77. The third kappa shape index (κ3) is 2.10. The molecule has 0 radical (unpaired) electrons. The van der Waals surface area contributed by atoms with Gasteiger partial charge in [0.15, 0.2) is 5.13 Å². The van der Waals surface area contributed by atoms with Gasteiger partial charge < -0.3 is 16.0 Å². The van der Waals surface area contributed by atoms with Crippen molar-refractivity contribution in [1.82, 2.24) is 15.2 Å². The van der Waals surface area contributed by atoms with Crippen LogP contribution in [-0.4, -0.2) is 34.9 Å². The normalized spacial score (nSPS) is 15.9. The third-order valence-corrected chi connectivity index (χ3v) is 2.93. The van der Waals surface area contributed by atoms with Gasteiger partial charge in [-0.25, -0.2) is 4.98 Å². The van der Waals surface area contributed by atoms with Crippen molar-refractivity contribution < 1.29 is 4.79 Å². The molecule has 1 saturated heterocycles. The second-order valence-electron chi connectivity index (χ2n) is 3.38. The monoisotopic (exact) mass is 224 g/mol. The summed E-state index contributed by atoms with van der Waals surface area (Å²) >= 11 is 1.27. The molecule has 0 bridgehead atoms. The van der Waals surface area contributed by atoms with E-state index in [9.17, 15) is 4.79 Å². The van der Waals surface area contributed by atoms with E-state index in [1.165, 1.54) is 11.3 Å². The Kier molecular flexibility index (Phi) is 2.59. The van der Waals surface area contributed by atoms with Gasteiger partial charge in [0, 0.05) is 18.5 Å². The van der Waals surface area contributed by atoms with E-state index in [0.717, 1.165) is 13.1 Å². The third-order valence-electron chi connectivity index (χ3n) is 2.26. The fourth-order valence-corrected chi connectivity index (χ4v) is 1.95. The quantitative estimate of drug-likeness (QED) is 0.773. The van der Waals surface area contributed by atoms with Gasteiger partial charge >= 0.3 is 0 Å². The molecule has 1 aromatic rings. The van der Waals surface area contributed by atoms with E-state index in [1.54, 1.807) is 11.6 Å². The topological polar surface area (TPSA) is 71.2 Å². The fourth-order valence-electron chi connectivity index (χ4n) is 1.40. The average molecular weight is 224 g/mol. The van der Waals surface area contributed by atoms with Crippen LogP contribution in [0.4, 0.5) is 5.13 Å². The van der Waals surface area contributed by atoms with Crippen molar-refractivity contribution in [3.05, 3.63) is 23.9 Å². The van der Waals surface area contributed by atoms with Gasteiger partial charge in [0.25, 0.3) is 5.91 Å². The Morgan fingerprint density at radius 1 is 1.80 bits per heavy atom. The summed E-state index contributed by atoms with van der Waals surface area (Å²) in [4.78, 5) is 17.5. The summed E-state index contributed by atoms with van der Waals surface area (Å²) in [5.41, 5.74) is 5.84. The summed E-state index contributed by atoms with van der Waals surface area (Å²) < 4.78 is 0. The Morgan fingerprint density at radius 3 is 3.07 bits per heavy atom. The van der Waals surface area contributed by atoms with Gasteiger partial charge in [-0.1, -0.05) is 6.58 Å². The van der Waals surface area contributed by atoms with Crippen LogP contribution in [0.3, 0.4) is 0 Å². The van der Waals surface area contributed by atoms with Crippen molar-refractivity contribution in [2.45, 2.75) is 6.04 Å². The lowest BCUT2D eigenvalue weighted by atomic mass is 10.1. The van der Waals surface area contributed by atoms with Crippen LogP contribution in [0.1, 0.15) is 10.5 Å². The molecule has 1 aliphatic rings. The smallest absolute Gasteiger partial charge is 0.271 e. The number of thiazole rings is 1. The molecule has 0 atom stereocenters. The predicted molar refractivity (Wildman–Crippen MR) is 59.6 cm³/mol. The number of carbonyl (C=O) groups excluding carboxylic acids is 1. The molecular formula is C9H12N4OS. The fraction of sp³-hybridized carbons (Fsp3) is 0.333. The number of hydrogen-bond donors (Lipinski definition) is 2. The number of carbonyl (C=O) groups is 1. The van der Waals surface area contributed by atoms with E-state index in [-0.39, 0.29) is 11.9 Å². The molecule has 0 aromatic carbocycles. The number of hydrogen-bond acceptors (Lipinski definition) is 5. The maximum atomic E-state index is 11.6. The number of nitrogens with zero attached hydrogens (tertiary/aromatic N) is 2. The van der Waals surface area contributed by atoms with Gasteiger partial charge in [-0.15, -0.1) is 11.3 Å². The zero-order valence-electron chi connectivity index (χ0n) is 8.14. The molecule has 5 nitrogen and oxygen atoms in total. The number of likely N-dealkylation sites (tertiary alicyclic amines) is 1. The largest absolute Gasteiger partial charge is 0.375 e. The molecular weight excluding hydrogens is 212 g/mol. The van der Waals surface area contributed by atoms with E-state index < -0.39 is 0 Å². The molecule has 2 heterocycles. The minimum Gasteiger partial charge on any atom is -0.375 e. The Balaban J connectivity index is 1.86. The van der Waals surface area contributed by atoms with Crippen LogP contribution in [0, 0.1) is 0 Å². The molecule has 0 unspecified atom stereocenters. The van der Waals surface area contributed by atoms with Crippen molar-refractivity contribution in [3.8, 4) is 0 Å². The van der Waals surface area contributed by atoms with Crippen molar-refractivity contribution in [2.24, 2.45) is 0 Å². The molecule has 1 aliphatic heterocycles. The molecule has 1 aromatic heterocycles. The Morgan fingerprint density at radius 2 is 2.53 bits per heavy atom. The number of anilines is 1. The zero-order chi connectivity index (χ0) is 10.8. The lowest BCUT2D eigenvalue weighted by Gasteiger charge is -2.38. The Labute approximate surface area is 91.6 Å². The number of amides is 1. The number of aromatic nitrogens is 1. The molecule has 0 saturated carbocycles. The zero-order valence-corrected chi connectivity index (χ0v) is 8.96. The number of nitrogens with one attached hydrogen (secondary N) is 1. The van der Waals surface area contributed by atoms with Crippen LogP contribution in [0.25, 0.3) is 0 Å². The van der Waals surface area contributed by atoms with Crippen LogP contribution in [0.15, 0.2) is 18.2 Å². The van der Waals surface area contributed by atoms with Crippen LogP contribution in [-0.2, 0) is 0 Å². The molecule has 0 aliphatic carbocycles. The van der Waals surface area contributed by atoms with Crippen LogP contribution >= 0.6 is 11.3 Å². The highest BCUT2D eigenvalue weighted by Gasteiger charge is 2.26. The van der Waals surface area contributed by atoms with Gasteiger partial charge in [0.2, 0.25) is 0 Å². The first-order valence-corrected chi connectivity index (χ1v) is 5.45. The van der Waals surface area contributed by atoms with Gasteiger partial charge in [0.1, 0.15) is 5.69 Å². The summed E-state index contributed by atoms with van der Waals surface area (Å²) in [5.74, 6) is -0.156. The second-order valence-corrected chi connectivity index (χ2v) is 4.27. The summed E-state index contributed by atoms with van der Waals surface area (Å²) in [7, 11) is 0. The Hall–Kier alpha value is -1.56. The summed E-state index contributed by atoms with van der Waals surface area (Å²) in [5, 5.41) is 4.95. The molecule has 2 rings (SSSR count). The molecule has 1 fully saturated rings. The molecule has 80 valence electrons. The molecule has 15 heavy (non-hydrogen) atoms. The number of nitrogen functional groups attached to an aromatic ring is 1. The Bertz CT molecular complexity index is 383. The second kappa shape index (κ2) is 3.90. The average Bonchev–Trinajstić information content (AvgIpc) is 2.57. The van der Waals surface area contributed by atoms with Crippen molar-refractivity contribution in [1.29, 1.82) is 0 Å². The minimum atomic E-state index is -0.156. The van der Waals surface area contributed by atoms with Crippen molar-refractivity contribution in [3.63, 3.8) is 0 Å². The van der Waals surface area contributed by atoms with E-state index in [1.807, 2.05) is 4.90 Å². The minimum absolute atomic E-state index is 0.156. The van der Waals surface area contributed by atoms with E-state index >= 15 is 0 Å². The lowest BCUT2D eigenvalue weighted by Crippen LogP contribution is -2.57. The molecule has 3 N–H and O–H groups in total. The van der Waals surface area contributed by atoms with Gasteiger partial charge in [-0.2, -0.15) is 0 Å². The molecule has 1 amide bonds.